The predicted molar refractivity (Wildman–Crippen MR) is 133 cm³/mol. The average molecular weight is 425 g/mol. The van der Waals surface area contributed by atoms with Gasteiger partial charge in [0.15, 0.2) is 4.96 Å². The van der Waals surface area contributed by atoms with E-state index in [2.05, 4.69) is 54.9 Å². The van der Waals surface area contributed by atoms with Crippen molar-refractivity contribution in [1.82, 2.24) is 9.38 Å². The number of unbranched alkanes of at least 4 members (excludes halogenated alkanes) is 10. The zero-order valence-electron chi connectivity index (χ0n) is 19.2. The van der Waals surface area contributed by atoms with Crippen LogP contribution in [0, 0.1) is 0 Å². The normalized spacial score (nSPS) is 11.5. The molecule has 0 unspecified atom stereocenters. The Morgan fingerprint density at radius 1 is 0.700 bits per heavy atom. The van der Waals surface area contributed by atoms with Crippen LogP contribution in [0.15, 0.2) is 36.7 Å². The molecule has 3 rings (SSSR count). The van der Waals surface area contributed by atoms with Crippen molar-refractivity contribution in [3.05, 3.63) is 47.1 Å². The SMILES string of the molecule is CCCCCCCCc1ccc(-c2cn3cc(CCCCCCCC)sc3n2)cc1. The summed E-state index contributed by atoms with van der Waals surface area (Å²) in [5, 5.41) is 0. The first kappa shape index (κ1) is 23.1. The minimum atomic E-state index is 1.10. The van der Waals surface area contributed by atoms with E-state index in [0.717, 1.165) is 10.7 Å². The lowest BCUT2D eigenvalue weighted by Gasteiger charge is -2.03. The molecular formula is C27H40N2S. The molecule has 0 fully saturated rings. The Labute approximate surface area is 187 Å². The van der Waals surface area contributed by atoms with Crippen molar-refractivity contribution in [3.8, 4) is 11.3 Å². The van der Waals surface area contributed by atoms with E-state index in [4.69, 9.17) is 4.98 Å². The molecule has 0 N–H and O–H groups in total. The van der Waals surface area contributed by atoms with Gasteiger partial charge >= 0.3 is 0 Å². The van der Waals surface area contributed by atoms with Crippen molar-refractivity contribution in [1.29, 1.82) is 0 Å². The molecule has 3 aromatic rings. The first-order chi connectivity index (χ1) is 14.8. The summed E-state index contributed by atoms with van der Waals surface area (Å²) in [5.41, 5.74) is 3.78. The van der Waals surface area contributed by atoms with E-state index < -0.39 is 0 Å². The van der Waals surface area contributed by atoms with Gasteiger partial charge in [-0.1, -0.05) is 102 Å². The van der Waals surface area contributed by atoms with E-state index in [9.17, 15) is 0 Å². The second-order valence-corrected chi connectivity index (χ2v) is 9.84. The van der Waals surface area contributed by atoms with Gasteiger partial charge in [-0.15, -0.1) is 11.3 Å². The van der Waals surface area contributed by atoms with Gasteiger partial charge in [0.1, 0.15) is 0 Å². The summed E-state index contributed by atoms with van der Waals surface area (Å²) >= 11 is 1.86. The number of aryl methyl sites for hydroxylation is 2. The Morgan fingerprint density at radius 3 is 1.93 bits per heavy atom. The fraction of sp³-hybridized carbons (Fsp3) is 0.593. The topological polar surface area (TPSA) is 17.3 Å². The van der Waals surface area contributed by atoms with Crippen LogP contribution in [0.2, 0.25) is 0 Å². The number of fused-ring (bicyclic) bond motifs is 1. The van der Waals surface area contributed by atoms with Gasteiger partial charge in [0, 0.05) is 22.8 Å². The number of nitrogens with zero attached hydrogens (tertiary/aromatic N) is 2. The second-order valence-electron chi connectivity index (χ2n) is 8.75. The molecular weight excluding hydrogens is 384 g/mol. The number of thiazole rings is 1. The van der Waals surface area contributed by atoms with Crippen LogP contribution in [0.4, 0.5) is 0 Å². The van der Waals surface area contributed by atoms with Crippen LogP contribution in [0.3, 0.4) is 0 Å². The predicted octanol–water partition coefficient (Wildman–Crippen LogP) is 8.87. The lowest BCUT2D eigenvalue weighted by atomic mass is 10.0. The molecule has 0 atom stereocenters. The molecule has 2 heterocycles. The lowest BCUT2D eigenvalue weighted by Crippen LogP contribution is -1.87. The van der Waals surface area contributed by atoms with Crippen LogP contribution >= 0.6 is 11.3 Å². The third-order valence-electron chi connectivity index (χ3n) is 6.05. The highest BCUT2D eigenvalue weighted by Crippen LogP contribution is 2.25. The first-order valence-electron chi connectivity index (χ1n) is 12.4. The Morgan fingerprint density at radius 2 is 1.30 bits per heavy atom. The summed E-state index contributed by atoms with van der Waals surface area (Å²) in [6.45, 7) is 4.56. The molecule has 0 aliphatic heterocycles. The van der Waals surface area contributed by atoms with Crippen LogP contribution in [0.25, 0.3) is 16.2 Å². The minimum Gasteiger partial charge on any atom is -0.297 e. The maximum atomic E-state index is 4.89. The number of aromatic nitrogens is 2. The highest BCUT2D eigenvalue weighted by atomic mass is 32.1. The standard InChI is InChI=1S/C27H40N2S/c1-3-5-7-9-11-13-15-23-17-19-24(20-18-23)26-22-29-21-25(30-27(29)28-26)16-14-12-10-8-6-4-2/h17-22H,3-16H2,1-2H3. The Bertz CT molecular complexity index is 812. The molecule has 30 heavy (non-hydrogen) atoms. The van der Waals surface area contributed by atoms with Crippen molar-refractivity contribution in [2.75, 3.05) is 0 Å². The largest absolute Gasteiger partial charge is 0.297 e. The molecule has 0 aliphatic rings. The number of hydrogen-bond donors (Lipinski definition) is 0. The summed E-state index contributed by atoms with van der Waals surface area (Å²) < 4.78 is 2.22. The number of rotatable bonds is 15. The maximum absolute atomic E-state index is 4.89. The van der Waals surface area contributed by atoms with Crippen LogP contribution < -0.4 is 0 Å². The minimum absolute atomic E-state index is 1.10. The van der Waals surface area contributed by atoms with E-state index in [0.29, 0.717) is 0 Å². The Balaban J connectivity index is 1.45. The van der Waals surface area contributed by atoms with E-state index in [-0.39, 0.29) is 0 Å². The molecule has 0 aliphatic carbocycles. The van der Waals surface area contributed by atoms with Gasteiger partial charge in [0.2, 0.25) is 0 Å². The monoisotopic (exact) mass is 424 g/mol. The molecule has 0 saturated carbocycles. The van der Waals surface area contributed by atoms with E-state index >= 15 is 0 Å². The Hall–Kier alpha value is -1.61. The van der Waals surface area contributed by atoms with Crippen molar-refractivity contribution in [2.45, 2.75) is 104 Å². The molecule has 0 bridgehead atoms. The summed E-state index contributed by atoms with van der Waals surface area (Å²) in [5.74, 6) is 0. The Kier molecular flexibility index (Phi) is 9.95. The molecule has 2 nitrogen and oxygen atoms in total. The molecule has 2 aromatic heterocycles. The lowest BCUT2D eigenvalue weighted by molar-refractivity contribution is 0.607. The molecule has 1 aromatic carbocycles. The average Bonchev–Trinajstić information content (AvgIpc) is 3.32. The summed E-state index contributed by atoms with van der Waals surface area (Å²) in [4.78, 5) is 7.48. The van der Waals surface area contributed by atoms with Gasteiger partial charge in [0.25, 0.3) is 0 Å². The highest BCUT2D eigenvalue weighted by molar-refractivity contribution is 7.17. The van der Waals surface area contributed by atoms with Gasteiger partial charge in [-0.2, -0.15) is 0 Å². The van der Waals surface area contributed by atoms with E-state index in [1.807, 2.05) is 11.3 Å². The fourth-order valence-corrected chi connectivity index (χ4v) is 5.13. The van der Waals surface area contributed by atoms with E-state index in [1.54, 1.807) is 0 Å². The van der Waals surface area contributed by atoms with Crippen LogP contribution in [0.1, 0.15) is 101 Å². The van der Waals surface area contributed by atoms with Gasteiger partial charge in [-0.25, -0.2) is 4.98 Å². The fourth-order valence-electron chi connectivity index (χ4n) is 4.13. The van der Waals surface area contributed by atoms with Crippen molar-refractivity contribution in [2.24, 2.45) is 0 Å². The molecule has 0 radical (unpaired) electrons. The van der Waals surface area contributed by atoms with E-state index in [1.165, 1.54) is 106 Å². The van der Waals surface area contributed by atoms with Crippen molar-refractivity contribution in [3.63, 3.8) is 0 Å². The first-order valence-corrected chi connectivity index (χ1v) is 13.2. The second kappa shape index (κ2) is 12.9. The zero-order chi connectivity index (χ0) is 21.0. The zero-order valence-corrected chi connectivity index (χ0v) is 20.0. The van der Waals surface area contributed by atoms with Gasteiger partial charge in [-0.3, -0.25) is 4.40 Å². The molecule has 164 valence electrons. The summed E-state index contributed by atoms with van der Waals surface area (Å²) in [7, 11) is 0. The summed E-state index contributed by atoms with van der Waals surface area (Å²) in [6.07, 6.45) is 23.2. The molecule has 0 saturated heterocycles. The smallest absolute Gasteiger partial charge is 0.194 e. The van der Waals surface area contributed by atoms with Crippen LogP contribution in [0.5, 0.6) is 0 Å². The third kappa shape index (κ3) is 7.27. The quantitative estimate of drug-likeness (QED) is 0.223. The van der Waals surface area contributed by atoms with Crippen LogP contribution in [-0.4, -0.2) is 9.38 Å². The van der Waals surface area contributed by atoms with Gasteiger partial charge in [0.05, 0.1) is 5.69 Å². The van der Waals surface area contributed by atoms with Crippen molar-refractivity contribution >= 4 is 16.3 Å². The van der Waals surface area contributed by atoms with Crippen molar-refractivity contribution < 1.29 is 0 Å². The molecule has 3 heteroatoms. The number of imidazole rings is 1. The maximum Gasteiger partial charge on any atom is 0.194 e. The number of benzene rings is 1. The third-order valence-corrected chi connectivity index (χ3v) is 7.11. The number of hydrogen-bond acceptors (Lipinski definition) is 2. The summed E-state index contributed by atoms with van der Waals surface area (Å²) in [6, 6.07) is 9.07. The molecule has 0 amide bonds. The highest BCUT2D eigenvalue weighted by Gasteiger charge is 2.08. The van der Waals surface area contributed by atoms with Crippen LogP contribution in [-0.2, 0) is 12.8 Å². The van der Waals surface area contributed by atoms with Gasteiger partial charge < -0.3 is 0 Å². The van der Waals surface area contributed by atoms with Gasteiger partial charge in [-0.05, 0) is 31.2 Å². The molecule has 0 spiro atoms.